The van der Waals surface area contributed by atoms with Crippen molar-refractivity contribution in [2.45, 2.75) is 31.2 Å². The topological polar surface area (TPSA) is 64.3 Å². The second kappa shape index (κ2) is 5.40. The average molecular weight is 325 g/mol. The number of nitriles is 1. The zero-order valence-electron chi connectivity index (χ0n) is 11.2. The van der Waals surface area contributed by atoms with Gasteiger partial charge in [-0.3, -0.25) is 4.79 Å². The third kappa shape index (κ3) is 2.45. The van der Waals surface area contributed by atoms with Gasteiger partial charge in [0.05, 0.1) is 22.0 Å². The number of rotatable bonds is 1. The molecular weight excluding hydrogens is 311 g/mol. The molecule has 0 saturated carbocycles. The largest absolute Gasteiger partial charge is 0.508 e. The highest BCUT2D eigenvalue weighted by atomic mass is 35.5. The van der Waals surface area contributed by atoms with Gasteiger partial charge in [-0.1, -0.05) is 23.2 Å². The maximum Gasteiger partial charge on any atom is 0.224 e. The summed E-state index contributed by atoms with van der Waals surface area (Å²) in [7, 11) is 0. The van der Waals surface area contributed by atoms with Crippen LogP contribution in [0, 0.1) is 17.2 Å². The van der Waals surface area contributed by atoms with Gasteiger partial charge in [0.1, 0.15) is 5.75 Å². The van der Waals surface area contributed by atoms with E-state index in [9.17, 15) is 9.90 Å². The van der Waals surface area contributed by atoms with Crippen LogP contribution in [0.15, 0.2) is 12.1 Å². The minimum absolute atomic E-state index is 0.0120. The molecule has 1 aromatic rings. The Bertz CT molecular complexity index is 641. The summed E-state index contributed by atoms with van der Waals surface area (Å²) in [6, 6.07) is 5.33. The Labute approximate surface area is 132 Å². The highest BCUT2D eigenvalue weighted by Crippen LogP contribution is 2.45. The van der Waals surface area contributed by atoms with E-state index < -0.39 is 0 Å². The molecule has 2 fully saturated rings. The highest BCUT2D eigenvalue weighted by molar-refractivity contribution is 6.42. The smallest absolute Gasteiger partial charge is 0.224 e. The summed E-state index contributed by atoms with van der Waals surface area (Å²) >= 11 is 12.2. The van der Waals surface area contributed by atoms with Gasteiger partial charge in [0, 0.05) is 30.5 Å². The van der Waals surface area contributed by atoms with Crippen molar-refractivity contribution < 1.29 is 9.90 Å². The number of fused-ring (bicyclic) bond motifs is 1. The molecule has 0 spiro atoms. The van der Waals surface area contributed by atoms with E-state index in [1.54, 1.807) is 6.07 Å². The molecule has 21 heavy (non-hydrogen) atoms. The fourth-order valence-corrected chi connectivity index (χ4v) is 3.92. The Balaban J connectivity index is 1.90. The molecule has 6 heteroatoms. The van der Waals surface area contributed by atoms with Gasteiger partial charge in [-0.2, -0.15) is 5.26 Å². The number of nitrogens with zero attached hydrogens (tertiary/aromatic N) is 2. The molecule has 3 atom stereocenters. The van der Waals surface area contributed by atoms with Gasteiger partial charge in [0.15, 0.2) is 0 Å². The number of amides is 1. The molecule has 1 unspecified atom stereocenters. The number of phenolic OH excluding ortho intramolecular Hbond substituents is 1. The number of hydrogen-bond acceptors (Lipinski definition) is 3. The van der Waals surface area contributed by atoms with Gasteiger partial charge in [-0.25, -0.2) is 0 Å². The Morgan fingerprint density at radius 2 is 2.10 bits per heavy atom. The second-order valence-corrected chi connectivity index (χ2v) is 6.48. The first-order chi connectivity index (χ1) is 10.0. The molecule has 1 N–H and O–H groups in total. The van der Waals surface area contributed by atoms with Crippen molar-refractivity contribution in [2.24, 2.45) is 5.92 Å². The van der Waals surface area contributed by atoms with Crippen molar-refractivity contribution >= 4 is 29.1 Å². The zero-order chi connectivity index (χ0) is 15.1. The van der Waals surface area contributed by atoms with Crippen LogP contribution in [0.25, 0.3) is 0 Å². The number of phenols is 1. The lowest BCUT2D eigenvalue weighted by molar-refractivity contribution is -0.135. The molecular formula is C15H14Cl2N2O2. The quantitative estimate of drug-likeness (QED) is 0.861. The third-order valence-corrected chi connectivity index (χ3v) is 5.23. The summed E-state index contributed by atoms with van der Waals surface area (Å²) < 4.78 is 0. The Morgan fingerprint density at radius 3 is 2.81 bits per heavy atom. The molecule has 0 aromatic heterocycles. The molecule has 1 amide bonds. The predicted molar refractivity (Wildman–Crippen MR) is 79.3 cm³/mol. The monoisotopic (exact) mass is 324 g/mol. The van der Waals surface area contributed by atoms with E-state index in [0.717, 1.165) is 0 Å². The lowest BCUT2D eigenvalue weighted by atomic mass is 9.89. The van der Waals surface area contributed by atoms with Gasteiger partial charge < -0.3 is 10.0 Å². The lowest BCUT2D eigenvalue weighted by Crippen LogP contribution is -2.42. The van der Waals surface area contributed by atoms with Crippen LogP contribution in [0.2, 0.25) is 10.0 Å². The molecule has 3 rings (SSSR count). The molecule has 4 nitrogen and oxygen atoms in total. The molecule has 0 aliphatic carbocycles. The first-order valence-electron chi connectivity index (χ1n) is 6.87. The summed E-state index contributed by atoms with van der Waals surface area (Å²) in [4.78, 5) is 13.9. The van der Waals surface area contributed by atoms with Crippen molar-refractivity contribution in [1.29, 1.82) is 5.26 Å². The number of carbonyl (C=O) groups is 1. The number of piperidine rings is 1. The molecule has 2 aliphatic rings. The van der Waals surface area contributed by atoms with Crippen molar-refractivity contribution in [3.8, 4) is 11.8 Å². The minimum Gasteiger partial charge on any atom is -0.508 e. The highest BCUT2D eigenvalue weighted by Gasteiger charge is 2.42. The number of hydrogen-bond donors (Lipinski definition) is 1. The van der Waals surface area contributed by atoms with Gasteiger partial charge in [0.25, 0.3) is 0 Å². The first-order valence-corrected chi connectivity index (χ1v) is 7.62. The number of aromatic hydroxyl groups is 1. The van der Waals surface area contributed by atoms with E-state index in [1.165, 1.54) is 6.07 Å². The SMILES string of the molecule is N#CC1CC(=O)N2C[C@@H](c3c(O)ccc(Cl)c3Cl)C[C@H]2C1. The molecule has 0 bridgehead atoms. The van der Waals surface area contributed by atoms with Crippen molar-refractivity contribution in [2.75, 3.05) is 6.54 Å². The van der Waals surface area contributed by atoms with E-state index >= 15 is 0 Å². The van der Waals surface area contributed by atoms with Crippen molar-refractivity contribution in [1.82, 2.24) is 4.90 Å². The maximum absolute atomic E-state index is 12.1. The Kier molecular flexibility index (Phi) is 3.73. The zero-order valence-corrected chi connectivity index (χ0v) is 12.7. The molecule has 110 valence electrons. The standard InChI is InChI=1S/C15H14Cl2N2O2/c16-11-1-2-12(20)14(15(11)17)9-5-10-3-8(6-18)4-13(21)19(10)7-9/h1-2,8-10,20H,3-5,7H2/t8?,9-,10+/m0/s1. The maximum atomic E-state index is 12.1. The van der Waals surface area contributed by atoms with Crippen molar-refractivity contribution in [3.05, 3.63) is 27.7 Å². The van der Waals surface area contributed by atoms with E-state index in [2.05, 4.69) is 6.07 Å². The summed E-state index contributed by atoms with van der Waals surface area (Å²) in [6.07, 6.45) is 1.68. The number of carbonyl (C=O) groups excluding carboxylic acids is 1. The third-order valence-electron chi connectivity index (χ3n) is 4.41. The van der Waals surface area contributed by atoms with Gasteiger partial charge in [0.2, 0.25) is 5.91 Å². The lowest BCUT2D eigenvalue weighted by Gasteiger charge is -2.31. The van der Waals surface area contributed by atoms with Gasteiger partial charge >= 0.3 is 0 Å². The van der Waals surface area contributed by atoms with E-state index in [1.807, 2.05) is 4.90 Å². The van der Waals surface area contributed by atoms with Crippen LogP contribution in [0.3, 0.4) is 0 Å². The van der Waals surface area contributed by atoms with E-state index in [4.69, 9.17) is 28.5 Å². The predicted octanol–water partition coefficient (Wildman–Crippen LogP) is 3.32. The van der Waals surface area contributed by atoms with Crippen LogP contribution >= 0.6 is 23.2 Å². The fourth-order valence-electron chi connectivity index (χ4n) is 3.44. The minimum atomic E-state index is -0.207. The first kappa shape index (κ1) is 14.5. The van der Waals surface area contributed by atoms with Crippen LogP contribution in [-0.2, 0) is 4.79 Å². The summed E-state index contributed by atoms with van der Waals surface area (Å²) in [5.41, 5.74) is 0.611. The van der Waals surface area contributed by atoms with Crippen LogP contribution in [0.5, 0.6) is 5.75 Å². The van der Waals surface area contributed by atoms with Crippen LogP contribution in [0.1, 0.15) is 30.7 Å². The summed E-state index contributed by atoms with van der Waals surface area (Å²) in [5.74, 6) is -0.125. The number of benzene rings is 1. The molecule has 2 saturated heterocycles. The molecule has 2 heterocycles. The van der Waals surface area contributed by atoms with Gasteiger partial charge in [-0.15, -0.1) is 0 Å². The summed E-state index contributed by atoms with van der Waals surface area (Å²) in [5, 5.41) is 19.9. The van der Waals surface area contributed by atoms with Crippen molar-refractivity contribution in [3.63, 3.8) is 0 Å². The molecule has 1 aromatic carbocycles. The fraction of sp³-hybridized carbons (Fsp3) is 0.467. The number of halogens is 2. The molecule has 0 radical (unpaired) electrons. The van der Waals surface area contributed by atoms with Crippen LogP contribution in [0.4, 0.5) is 0 Å². The van der Waals surface area contributed by atoms with Crippen LogP contribution < -0.4 is 0 Å². The van der Waals surface area contributed by atoms with E-state index in [-0.39, 0.29) is 36.0 Å². The molecule has 2 aliphatic heterocycles. The van der Waals surface area contributed by atoms with E-state index in [0.29, 0.717) is 35.0 Å². The summed E-state index contributed by atoms with van der Waals surface area (Å²) in [6.45, 7) is 0.523. The Morgan fingerprint density at radius 1 is 1.33 bits per heavy atom. The Hall–Kier alpha value is -1.44. The van der Waals surface area contributed by atoms with Gasteiger partial charge in [-0.05, 0) is 25.0 Å². The normalized spacial score (nSPS) is 28.3. The van der Waals surface area contributed by atoms with Crippen LogP contribution in [-0.4, -0.2) is 28.5 Å². The second-order valence-electron chi connectivity index (χ2n) is 5.69. The average Bonchev–Trinajstić information content (AvgIpc) is 2.87.